The zero-order valence-electron chi connectivity index (χ0n) is 17.5. The van der Waals surface area contributed by atoms with Crippen molar-refractivity contribution in [1.82, 2.24) is 14.9 Å². The number of aromatic nitrogens is 2. The summed E-state index contributed by atoms with van der Waals surface area (Å²) in [4.78, 5) is 29.0. The third-order valence-corrected chi connectivity index (χ3v) is 5.61. The van der Waals surface area contributed by atoms with Crippen LogP contribution in [-0.4, -0.2) is 74.3 Å². The number of ether oxygens (including phenoxy) is 1. The highest BCUT2D eigenvalue weighted by Crippen LogP contribution is 2.27. The Morgan fingerprint density at radius 1 is 1.00 bits per heavy atom. The van der Waals surface area contributed by atoms with E-state index in [9.17, 15) is 4.79 Å². The second-order valence-electron chi connectivity index (χ2n) is 7.92. The van der Waals surface area contributed by atoms with Gasteiger partial charge in [0, 0.05) is 57.8 Å². The minimum absolute atomic E-state index is 0.0885. The molecule has 0 unspecified atom stereocenters. The van der Waals surface area contributed by atoms with Crippen molar-refractivity contribution >= 4 is 17.7 Å². The second kappa shape index (κ2) is 8.37. The number of nitrogens with zero attached hydrogens (tertiary/aromatic N) is 5. The fourth-order valence-corrected chi connectivity index (χ4v) is 3.92. The van der Waals surface area contributed by atoms with E-state index in [-0.39, 0.29) is 5.91 Å². The first-order valence-electron chi connectivity index (χ1n) is 10.3. The zero-order chi connectivity index (χ0) is 20.4. The SMILES string of the molecule is Cc1ccc(C(=O)N2CCc3nc(N4CCOCC4)nc(N(C)C)c3CC2)cc1. The van der Waals surface area contributed by atoms with Crippen molar-refractivity contribution in [2.45, 2.75) is 19.8 Å². The molecule has 1 amide bonds. The van der Waals surface area contributed by atoms with Gasteiger partial charge in [-0.2, -0.15) is 4.98 Å². The van der Waals surface area contributed by atoms with E-state index in [2.05, 4.69) is 9.80 Å². The molecule has 4 rings (SSSR count). The standard InChI is InChI=1S/C22H29N5O2/c1-16-4-6-17(7-5-16)21(28)26-10-8-18-19(9-11-26)23-22(24-20(18)25(2)3)27-12-14-29-15-13-27/h4-7H,8-15H2,1-3H3. The third-order valence-electron chi connectivity index (χ3n) is 5.61. The summed E-state index contributed by atoms with van der Waals surface area (Å²) in [7, 11) is 4.04. The van der Waals surface area contributed by atoms with E-state index in [1.807, 2.05) is 50.2 Å². The van der Waals surface area contributed by atoms with Crippen molar-refractivity contribution < 1.29 is 9.53 Å². The van der Waals surface area contributed by atoms with E-state index >= 15 is 0 Å². The molecule has 2 aliphatic heterocycles. The summed E-state index contributed by atoms with van der Waals surface area (Å²) < 4.78 is 5.47. The minimum atomic E-state index is 0.0885. The molecule has 0 radical (unpaired) electrons. The van der Waals surface area contributed by atoms with Crippen LogP contribution in [0.15, 0.2) is 24.3 Å². The molecule has 3 heterocycles. The lowest BCUT2D eigenvalue weighted by Crippen LogP contribution is -2.38. The summed E-state index contributed by atoms with van der Waals surface area (Å²) in [6, 6.07) is 7.81. The number of morpholine rings is 1. The number of carbonyl (C=O) groups excluding carboxylic acids is 1. The maximum atomic E-state index is 13.0. The molecule has 1 saturated heterocycles. The summed E-state index contributed by atoms with van der Waals surface area (Å²) in [6.07, 6.45) is 1.51. The molecule has 0 aliphatic carbocycles. The van der Waals surface area contributed by atoms with Crippen LogP contribution in [0.4, 0.5) is 11.8 Å². The Hall–Kier alpha value is -2.67. The van der Waals surface area contributed by atoms with Crippen LogP contribution in [0.25, 0.3) is 0 Å². The molecule has 0 atom stereocenters. The van der Waals surface area contributed by atoms with E-state index < -0.39 is 0 Å². The summed E-state index contributed by atoms with van der Waals surface area (Å²) in [6.45, 7) is 6.41. The third kappa shape index (κ3) is 4.19. The Morgan fingerprint density at radius 2 is 1.69 bits per heavy atom. The van der Waals surface area contributed by atoms with Gasteiger partial charge in [0.15, 0.2) is 0 Å². The first-order valence-corrected chi connectivity index (χ1v) is 10.3. The van der Waals surface area contributed by atoms with Crippen LogP contribution in [0, 0.1) is 6.92 Å². The molecule has 0 N–H and O–H groups in total. The number of carbonyl (C=O) groups is 1. The molecule has 1 aromatic carbocycles. The molecule has 2 aliphatic rings. The number of anilines is 2. The van der Waals surface area contributed by atoms with Gasteiger partial charge in [0.1, 0.15) is 5.82 Å². The van der Waals surface area contributed by atoms with Crippen LogP contribution in [0.1, 0.15) is 27.2 Å². The maximum absolute atomic E-state index is 13.0. The van der Waals surface area contributed by atoms with Gasteiger partial charge in [-0.05, 0) is 25.5 Å². The molecule has 2 aromatic rings. The van der Waals surface area contributed by atoms with E-state index in [1.54, 1.807) is 0 Å². The highest BCUT2D eigenvalue weighted by atomic mass is 16.5. The Bertz CT molecular complexity index is 876. The topological polar surface area (TPSA) is 61.8 Å². The van der Waals surface area contributed by atoms with E-state index in [0.29, 0.717) is 26.3 Å². The highest BCUT2D eigenvalue weighted by Gasteiger charge is 2.25. The molecular weight excluding hydrogens is 366 g/mol. The average Bonchev–Trinajstić information content (AvgIpc) is 2.96. The van der Waals surface area contributed by atoms with Gasteiger partial charge in [0.05, 0.1) is 18.9 Å². The van der Waals surface area contributed by atoms with Crippen LogP contribution < -0.4 is 9.80 Å². The zero-order valence-corrected chi connectivity index (χ0v) is 17.5. The van der Waals surface area contributed by atoms with Gasteiger partial charge in [0.25, 0.3) is 5.91 Å². The van der Waals surface area contributed by atoms with Crippen molar-refractivity contribution in [1.29, 1.82) is 0 Å². The second-order valence-corrected chi connectivity index (χ2v) is 7.92. The van der Waals surface area contributed by atoms with Gasteiger partial charge < -0.3 is 19.4 Å². The molecule has 154 valence electrons. The number of fused-ring (bicyclic) bond motifs is 1. The van der Waals surface area contributed by atoms with Crippen molar-refractivity contribution in [2.75, 3.05) is 63.3 Å². The van der Waals surface area contributed by atoms with E-state index in [0.717, 1.165) is 60.1 Å². The Kier molecular flexibility index (Phi) is 5.67. The molecule has 1 fully saturated rings. The Balaban J connectivity index is 1.59. The van der Waals surface area contributed by atoms with Crippen LogP contribution in [0.5, 0.6) is 0 Å². The van der Waals surface area contributed by atoms with Crippen LogP contribution in [-0.2, 0) is 17.6 Å². The highest BCUT2D eigenvalue weighted by molar-refractivity contribution is 5.94. The first-order chi connectivity index (χ1) is 14.0. The monoisotopic (exact) mass is 395 g/mol. The summed E-state index contributed by atoms with van der Waals surface area (Å²) in [5.74, 6) is 1.82. The molecule has 0 bridgehead atoms. The lowest BCUT2D eigenvalue weighted by atomic mass is 10.1. The molecule has 7 nitrogen and oxygen atoms in total. The van der Waals surface area contributed by atoms with E-state index in [1.165, 1.54) is 0 Å². The number of benzene rings is 1. The van der Waals surface area contributed by atoms with Gasteiger partial charge in [-0.1, -0.05) is 17.7 Å². The average molecular weight is 396 g/mol. The van der Waals surface area contributed by atoms with Crippen molar-refractivity contribution in [2.24, 2.45) is 0 Å². The van der Waals surface area contributed by atoms with Gasteiger partial charge in [-0.25, -0.2) is 4.98 Å². The lowest BCUT2D eigenvalue weighted by molar-refractivity contribution is 0.0763. The summed E-state index contributed by atoms with van der Waals surface area (Å²) >= 11 is 0. The lowest BCUT2D eigenvalue weighted by Gasteiger charge is -2.28. The van der Waals surface area contributed by atoms with Gasteiger partial charge >= 0.3 is 0 Å². The fraction of sp³-hybridized carbons (Fsp3) is 0.500. The normalized spacial score (nSPS) is 16.9. The molecule has 29 heavy (non-hydrogen) atoms. The van der Waals surface area contributed by atoms with Gasteiger partial charge in [-0.3, -0.25) is 4.79 Å². The van der Waals surface area contributed by atoms with Crippen molar-refractivity contribution in [3.63, 3.8) is 0 Å². The van der Waals surface area contributed by atoms with Gasteiger partial charge in [-0.15, -0.1) is 0 Å². The molecule has 0 spiro atoms. The molecule has 1 aromatic heterocycles. The number of hydrogen-bond donors (Lipinski definition) is 0. The first kappa shape index (κ1) is 19.6. The summed E-state index contributed by atoms with van der Waals surface area (Å²) in [5.41, 5.74) is 4.12. The van der Waals surface area contributed by atoms with E-state index in [4.69, 9.17) is 14.7 Å². The minimum Gasteiger partial charge on any atom is -0.378 e. The largest absolute Gasteiger partial charge is 0.378 e. The van der Waals surface area contributed by atoms with Crippen molar-refractivity contribution in [3.8, 4) is 0 Å². The van der Waals surface area contributed by atoms with Crippen LogP contribution in [0.2, 0.25) is 0 Å². The fourth-order valence-electron chi connectivity index (χ4n) is 3.92. The quantitative estimate of drug-likeness (QED) is 0.791. The Labute approximate surface area is 172 Å². The number of rotatable bonds is 3. The van der Waals surface area contributed by atoms with Crippen LogP contribution in [0.3, 0.4) is 0 Å². The molecular formula is C22H29N5O2. The van der Waals surface area contributed by atoms with Crippen molar-refractivity contribution in [3.05, 3.63) is 46.6 Å². The molecule has 0 saturated carbocycles. The Morgan fingerprint density at radius 3 is 2.38 bits per heavy atom. The van der Waals surface area contributed by atoms with Gasteiger partial charge in [0.2, 0.25) is 5.95 Å². The smallest absolute Gasteiger partial charge is 0.253 e. The number of amides is 1. The predicted octanol–water partition coefficient (Wildman–Crippen LogP) is 1.93. The maximum Gasteiger partial charge on any atom is 0.253 e. The summed E-state index contributed by atoms with van der Waals surface area (Å²) in [5, 5.41) is 0. The number of hydrogen-bond acceptors (Lipinski definition) is 6. The predicted molar refractivity (Wildman–Crippen MR) is 114 cm³/mol. The number of aryl methyl sites for hydroxylation is 1. The molecule has 7 heteroatoms. The van der Waals surface area contributed by atoms with Crippen LogP contribution >= 0.6 is 0 Å².